The molecule has 0 amide bonds. The van der Waals surface area contributed by atoms with Gasteiger partial charge in [-0.05, 0) is 72.8 Å². The highest BCUT2D eigenvalue weighted by atomic mass is 16.4. The second-order valence-corrected chi connectivity index (χ2v) is 8.81. The highest BCUT2D eigenvalue weighted by Gasteiger charge is 2.29. The van der Waals surface area contributed by atoms with Crippen molar-refractivity contribution in [2.24, 2.45) is 0 Å². The molecule has 5 aromatic carbocycles. The van der Waals surface area contributed by atoms with Crippen LogP contribution in [-0.2, 0) is 0 Å². The number of hydrogen-bond donors (Lipinski definition) is 0. The van der Waals surface area contributed by atoms with Gasteiger partial charge in [-0.2, -0.15) is 0 Å². The summed E-state index contributed by atoms with van der Waals surface area (Å²) in [5, 5.41) is 8.52. The zero-order valence-corrected chi connectivity index (χ0v) is 19.9. The maximum Gasteiger partial charge on any atom is 0.248 e. The molecule has 0 bridgehead atoms. The van der Waals surface area contributed by atoms with E-state index < -0.39 is 0 Å². The molecule has 5 heteroatoms. The maximum absolute atomic E-state index is 5.97. The summed E-state index contributed by atoms with van der Waals surface area (Å²) in [6.45, 7) is 0. The predicted molar refractivity (Wildman–Crippen MR) is 148 cm³/mol. The van der Waals surface area contributed by atoms with Crippen LogP contribution in [0.25, 0.3) is 22.9 Å². The van der Waals surface area contributed by atoms with Crippen molar-refractivity contribution in [3.63, 3.8) is 0 Å². The Bertz CT molecular complexity index is 1630. The van der Waals surface area contributed by atoms with E-state index in [1.54, 1.807) is 0 Å². The summed E-state index contributed by atoms with van der Waals surface area (Å²) in [6.07, 6.45) is 0. The molecular formula is C32H22N4O. The molecule has 1 aliphatic rings. The van der Waals surface area contributed by atoms with Crippen molar-refractivity contribution < 1.29 is 4.42 Å². The van der Waals surface area contributed by atoms with E-state index in [0.29, 0.717) is 11.8 Å². The molecule has 176 valence electrons. The van der Waals surface area contributed by atoms with Crippen LogP contribution in [0.2, 0.25) is 0 Å². The van der Waals surface area contributed by atoms with Crippen LogP contribution in [0.5, 0.6) is 0 Å². The molecule has 0 saturated heterocycles. The molecule has 0 saturated carbocycles. The van der Waals surface area contributed by atoms with E-state index in [-0.39, 0.29) is 0 Å². The molecule has 0 N–H and O–H groups in total. The van der Waals surface area contributed by atoms with Gasteiger partial charge in [0, 0.05) is 22.5 Å². The Morgan fingerprint density at radius 2 is 0.757 bits per heavy atom. The first kappa shape index (κ1) is 21.1. The minimum Gasteiger partial charge on any atom is -0.416 e. The largest absolute Gasteiger partial charge is 0.416 e. The average Bonchev–Trinajstić information content (AvgIpc) is 3.47. The lowest BCUT2D eigenvalue weighted by Crippen LogP contribution is -2.23. The SMILES string of the molecule is c1ccc(-c2nnc(-c3ccc(N4c5ccccc5N(c5ccccc5)c5ccccc54)cc3)o2)cc1. The summed E-state index contributed by atoms with van der Waals surface area (Å²) in [5.74, 6) is 1.01. The summed E-state index contributed by atoms with van der Waals surface area (Å²) in [7, 11) is 0. The van der Waals surface area contributed by atoms with Gasteiger partial charge >= 0.3 is 0 Å². The van der Waals surface area contributed by atoms with Crippen molar-refractivity contribution in [3.05, 3.63) is 133 Å². The van der Waals surface area contributed by atoms with Crippen LogP contribution in [-0.4, -0.2) is 10.2 Å². The highest BCUT2D eigenvalue weighted by Crippen LogP contribution is 2.53. The monoisotopic (exact) mass is 478 g/mol. The van der Waals surface area contributed by atoms with E-state index in [0.717, 1.165) is 45.3 Å². The molecule has 5 nitrogen and oxygen atoms in total. The number of aromatic nitrogens is 2. The van der Waals surface area contributed by atoms with Crippen LogP contribution in [0.1, 0.15) is 0 Å². The van der Waals surface area contributed by atoms with Crippen LogP contribution in [0, 0.1) is 0 Å². The third-order valence-corrected chi connectivity index (χ3v) is 6.56. The first-order chi connectivity index (χ1) is 18.4. The summed E-state index contributed by atoms with van der Waals surface area (Å²) in [5.41, 5.74) is 8.44. The Balaban J connectivity index is 1.30. The Morgan fingerprint density at radius 1 is 0.378 bits per heavy atom. The Morgan fingerprint density at radius 3 is 1.24 bits per heavy atom. The molecular weight excluding hydrogens is 456 g/mol. The molecule has 0 unspecified atom stereocenters. The lowest BCUT2D eigenvalue weighted by atomic mass is 10.0. The predicted octanol–water partition coefficient (Wildman–Crippen LogP) is 8.66. The first-order valence-corrected chi connectivity index (χ1v) is 12.2. The van der Waals surface area contributed by atoms with Crippen molar-refractivity contribution in [3.8, 4) is 22.9 Å². The zero-order valence-electron chi connectivity index (χ0n) is 19.9. The van der Waals surface area contributed by atoms with Gasteiger partial charge in [-0.1, -0.05) is 60.7 Å². The van der Waals surface area contributed by atoms with Crippen LogP contribution in [0.15, 0.2) is 138 Å². The van der Waals surface area contributed by atoms with Crippen LogP contribution < -0.4 is 9.80 Å². The summed E-state index contributed by atoms with van der Waals surface area (Å²) in [4.78, 5) is 4.62. The molecule has 0 aliphatic carbocycles. The van der Waals surface area contributed by atoms with Gasteiger partial charge in [0.05, 0.1) is 22.7 Å². The molecule has 1 aliphatic heterocycles. The number of rotatable bonds is 4. The minimum absolute atomic E-state index is 0.500. The van der Waals surface area contributed by atoms with Crippen LogP contribution >= 0.6 is 0 Å². The number of para-hydroxylation sites is 5. The topological polar surface area (TPSA) is 45.4 Å². The third kappa shape index (κ3) is 3.65. The van der Waals surface area contributed by atoms with Crippen LogP contribution in [0.3, 0.4) is 0 Å². The summed E-state index contributed by atoms with van der Waals surface area (Å²) < 4.78 is 5.97. The number of hydrogen-bond acceptors (Lipinski definition) is 5. The van der Waals surface area contributed by atoms with Gasteiger partial charge in [0.2, 0.25) is 11.8 Å². The lowest BCUT2D eigenvalue weighted by molar-refractivity contribution is 0.584. The summed E-state index contributed by atoms with van der Waals surface area (Å²) >= 11 is 0. The average molecular weight is 479 g/mol. The number of fused-ring (bicyclic) bond motifs is 2. The molecule has 7 rings (SSSR count). The van der Waals surface area contributed by atoms with Gasteiger partial charge in [-0.25, -0.2) is 0 Å². The molecule has 0 fully saturated rings. The van der Waals surface area contributed by atoms with Crippen molar-refractivity contribution in [2.45, 2.75) is 0 Å². The maximum atomic E-state index is 5.97. The Labute approximate surface area is 214 Å². The summed E-state index contributed by atoms with van der Waals surface area (Å²) in [6, 6.07) is 45.6. The Hall–Kier alpha value is -5.16. The zero-order chi connectivity index (χ0) is 24.6. The molecule has 6 aromatic rings. The number of benzene rings is 5. The number of anilines is 6. The quantitative estimate of drug-likeness (QED) is 0.253. The van der Waals surface area contributed by atoms with E-state index in [1.165, 1.54) is 0 Å². The standard InChI is InChI=1S/C32H22N4O/c1-3-11-23(12-4-1)31-33-34-32(37-31)24-19-21-26(22-20-24)36-29-17-9-7-15-27(29)35(25-13-5-2-6-14-25)28-16-8-10-18-30(28)36/h1-22H. The second-order valence-electron chi connectivity index (χ2n) is 8.81. The second kappa shape index (κ2) is 8.81. The van der Waals surface area contributed by atoms with E-state index in [2.05, 4.69) is 105 Å². The highest BCUT2D eigenvalue weighted by molar-refractivity contribution is 6.01. The van der Waals surface area contributed by atoms with E-state index in [1.807, 2.05) is 48.5 Å². The van der Waals surface area contributed by atoms with Crippen molar-refractivity contribution >= 4 is 34.1 Å². The molecule has 37 heavy (non-hydrogen) atoms. The van der Waals surface area contributed by atoms with Crippen molar-refractivity contribution in [1.29, 1.82) is 0 Å². The van der Waals surface area contributed by atoms with Gasteiger partial charge in [0.15, 0.2) is 0 Å². The normalized spacial score (nSPS) is 12.2. The molecule has 2 heterocycles. The lowest BCUT2D eigenvalue weighted by Gasteiger charge is -2.40. The smallest absolute Gasteiger partial charge is 0.248 e. The third-order valence-electron chi connectivity index (χ3n) is 6.56. The van der Waals surface area contributed by atoms with E-state index >= 15 is 0 Å². The van der Waals surface area contributed by atoms with Gasteiger partial charge in [0.25, 0.3) is 0 Å². The first-order valence-electron chi connectivity index (χ1n) is 12.2. The minimum atomic E-state index is 0.500. The van der Waals surface area contributed by atoms with Gasteiger partial charge in [-0.3, -0.25) is 0 Å². The molecule has 0 radical (unpaired) electrons. The van der Waals surface area contributed by atoms with E-state index in [9.17, 15) is 0 Å². The fourth-order valence-electron chi connectivity index (χ4n) is 4.87. The van der Waals surface area contributed by atoms with E-state index in [4.69, 9.17) is 4.42 Å². The van der Waals surface area contributed by atoms with Crippen molar-refractivity contribution in [1.82, 2.24) is 10.2 Å². The fourth-order valence-corrected chi connectivity index (χ4v) is 4.87. The fraction of sp³-hybridized carbons (Fsp3) is 0. The van der Waals surface area contributed by atoms with Gasteiger partial charge < -0.3 is 14.2 Å². The molecule has 0 spiro atoms. The van der Waals surface area contributed by atoms with Crippen LogP contribution in [0.4, 0.5) is 34.1 Å². The number of nitrogens with zero attached hydrogens (tertiary/aromatic N) is 4. The molecule has 1 aromatic heterocycles. The molecule has 0 atom stereocenters. The van der Waals surface area contributed by atoms with Gasteiger partial charge in [-0.15, -0.1) is 10.2 Å². The Kier molecular flexibility index (Phi) is 5.03. The van der Waals surface area contributed by atoms with Gasteiger partial charge in [0.1, 0.15) is 0 Å². The van der Waals surface area contributed by atoms with Crippen molar-refractivity contribution in [2.75, 3.05) is 9.80 Å².